The first-order valence-electron chi connectivity index (χ1n) is 7.78. The number of hydrogen-bond donors (Lipinski definition) is 0. The highest BCUT2D eigenvalue weighted by molar-refractivity contribution is 5.48. The fraction of sp³-hybridized carbons (Fsp3) is 0.647. The lowest BCUT2D eigenvalue weighted by molar-refractivity contribution is 0.209. The van der Waals surface area contributed by atoms with Crippen LogP contribution in [-0.4, -0.2) is 37.1 Å². The summed E-state index contributed by atoms with van der Waals surface area (Å²) in [6.07, 6.45) is 1.13. The molecule has 1 fully saturated rings. The van der Waals surface area contributed by atoms with E-state index in [4.69, 9.17) is 0 Å². The van der Waals surface area contributed by atoms with E-state index in [2.05, 4.69) is 54.8 Å². The average molecular weight is 262 g/mol. The third-order valence-corrected chi connectivity index (χ3v) is 3.75. The van der Waals surface area contributed by atoms with Crippen molar-refractivity contribution in [1.29, 1.82) is 0 Å². The lowest BCUT2D eigenvalue weighted by Crippen LogP contribution is -2.48. The van der Waals surface area contributed by atoms with Crippen molar-refractivity contribution in [1.82, 2.24) is 4.90 Å². The highest BCUT2D eigenvalue weighted by atomic mass is 15.3. The number of anilines is 1. The van der Waals surface area contributed by atoms with Crippen LogP contribution in [0.4, 0.5) is 5.69 Å². The molecule has 1 heterocycles. The van der Waals surface area contributed by atoms with Gasteiger partial charge in [-0.25, -0.2) is 0 Å². The van der Waals surface area contributed by atoms with E-state index in [0.717, 1.165) is 19.5 Å². The van der Waals surface area contributed by atoms with Gasteiger partial charge in [-0.1, -0.05) is 32.9 Å². The molecule has 0 atom stereocenters. The molecule has 0 aromatic heterocycles. The zero-order valence-electron chi connectivity index (χ0n) is 13.3. The van der Waals surface area contributed by atoms with Gasteiger partial charge in [0.25, 0.3) is 0 Å². The Morgan fingerprint density at radius 2 is 1.47 bits per heavy atom. The number of hydrogen-bond acceptors (Lipinski definition) is 2. The fourth-order valence-electron chi connectivity index (χ4n) is 2.44. The molecule has 0 unspecified atom stereocenters. The predicted octanol–water partition coefficient (Wildman–Crippen LogP) is 3.81. The zero-order valence-corrected chi connectivity index (χ0v) is 13.3. The lowest BCUT2D eigenvalue weighted by atomic mass is 10.1. The number of piperazine rings is 1. The minimum Gasteiger partial charge on any atom is -0.369 e. The molecule has 108 valence electrons. The second-order valence-corrected chi connectivity index (χ2v) is 5.14. The van der Waals surface area contributed by atoms with Crippen LogP contribution < -0.4 is 4.90 Å². The van der Waals surface area contributed by atoms with Gasteiger partial charge in [0.1, 0.15) is 0 Å². The molecule has 0 bridgehead atoms. The molecule has 1 aromatic rings. The van der Waals surface area contributed by atoms with Crippen molar-refractivity contribution < 1.29 is 0 Å². The summed E-state index contributed by atoms with van der Waals surface area (Å²) in [4.78, 5) is 5.05. The summed E-state index contributed by atoms with van der Waals surface area (Å²) >= 11 is 0. The maximum absolute atomic E-state index is 2.55. The zero-order chi connectivity index (χ0) is 14.3. The third-order valence-electron chi connectivity index (χ3n) is 3.75. The Morgan fingerprint density at radius 3 is 1.89 bits per heavy atom. The van der Waals surface area contributed by atoms with E-state index in [9.17, 15) is 0 Å². The van der Waals surface area contributed by atoms with E-state index >= 15 is 0 Å². The number of rotatable bonds is 3. The average Bonchev–Trinajstić information content (AvgIpc) is 2.49. The second kappa shape index (κ2) is 8.21. The van der Waals surface area contributed by atoms with Gasteiger partial charge in [-0.15, -0.1) is 0 Å². The summed E-state index contributed by atoms with van der Waals surface area (Å²) in [5, 5.41) is 0. The maximum atomic E-state index is 2.55. The molecule has 1 aromatic carbocycles. The van der Waals surface area contributed by atoms with Crippen molar-refractivity contribution in [3.63, 3.8) is 0 Å². The van der Waals surface area contributed by atoms with E-state index in [1.807, 2.05) is 13.8 Å². The van der Waals surface area contributed by atoms with Crippen molar-refractivity contribution in [3.8, 4) is 0 Å². The van der Waals surface area contributed by atoms with Crippen LogP contribution in [0.3, 0.4) is 0 Å². The van der Waals surface area contributed by atoms with Crippen molar-refractivity contribution in [2.75, 3.05) is 31.1 Å². The van der Waals surface area contributed by atoms with Gasteiger partial charge in [0.2, 0.25) is 0 Å². The van der Waals surface area contributed by atoms with E-state index < -0.39 is 0 Å². The van der Waals surface area contributed by atoms with E-state index in [0.29, 0.717) is 6.04 Å². The van der Waals surface area contributed by atoms with Gasteiger partial charge in [-0.05, 0) is 38.0 Å². The van der Waals surface area contributed by atoms with Crippen LogP contribution in [0.2, 0.25) is 0 Å². The summed E-state index contributed by atoms with van der Waals surface area (Å²) in [6, 6.07) is 9.72. The molecular formula is C17H30N2. The fourth-order valence-corrected chi connectivity index (χ4v) is 2.44. The van der Waals surface area contributed by atoms with Gasteiger partial charge in [0.05, 0.1) is 0 Å². The van der Waals surface area contributed by atoms with E-state index in [1.165, 1.54) is 24.3 Å². The molecule has 0 saturated carbocycles. The Balaban J connectivity index is 0.000000861. The van der Waals surface area contributed by atoms with Crippen LogP contribution in [-0.2, 0) is 6.42 Å². The monoisotopic (exact) mass is 262 g/mol. The topological polar surface area (TPSA) is 6.48 Å². The van der Waals surface area contributed by atoms with Crippen LogP contribution in [0, 0.1) is 0 Å². The van der Waals surface area contributed by atoms with Gasteiger partial charge in [-0.3, -0.25) is 4.90 Å². The molecule has 2 rings (SSSR count). The summed E-state index contributed by atoms with van der Waals surface area (Å²) in [7, 11) is 0. The lowest BCUT2D eigenvalue weighted by Gasteiger charge is -2.38. The van der Waals surface area contributed by atoms with E-state index in [-0.39, 0.29) is 0 Å². The van der Waals surface area contributed by atoms with Gasteiger partial charge in [-0.2, -0.15) is 0 Å². The molecule has 1 aliphatic heterocycles. The third kappa shape index (κ3) is 4.54. The largest absolute Gasteiger partial charge is 0.369 e. The minimum atomic E-state index is 0.680. The van der Waals surface area contributed by atoms with Crippen molar-refractivity contribution >= 4 is 5.69 Å². The highest BCUT2D eigenvalue weighted by Gasteiger charge is 2.18. The number of benzene rings is 1. The van der Waals surface area contributed by atoms with Gasteiger partial charge >= 0.3 is 0 Å². The second-order valence-electron chi connectivity index (χ2n) is 5.14. The first kappa shape index (κ1) is 16.0. The summed E-state index contributed by atoms with van der Waals surface area (Å²) in [5.41, 5.74) is 2.81. The molecule has 19 heavy (non-hydrogen) atoms. The number of aryl methyl sites for hydroxylation is 1. The smallest absolute Gasteiger partial charge is 0.0367 e. The van der Waals surface area contributed by atoms with Gasteiger partial charge in [0, 0.05) is 37.9 Å². The van der Waals surface area contributed by atoms with Gasteiger partial charge in [0.15, 0.2) is 0 Å². The van der Waals surface area contributed by atoms with Crippen LogP contribution in [0.25, 0.3) is 0 Å². The molecule has 1 aliphatic rings. The Hall–Kier alpha value is -1.02. The summed E-state index contributed by atoms with van der Waals surface area (Å²) in [6.45, 7) is 15.5. The van der Waals surface area contributed by atoms with Crippen LogP contribution in [0.5, 0.6) is 0 Å². The summed E-state index contributed by atoms with van der Waals surface area (Å²) < 4.78 is 0. The molecule has 0 radical (unpaired) electrons. The quantitative estimate of drug-likeness (QED) is 0.817. The van der Waals surface area contributed by atoms with Crippen LogP contribution in [0.15, 0.2) is 24.3 Å². The molecule has 1 saturated heterocycles. The Bertz CT molecular complexity index is 335. The predicted molar refractivity (Wildman–Crippen MR) is 86.1 cm³/mol. The molecule has 2 nitrogen and oxygen atoms in total. The summed E-state index contributed by atoms with van der Waals surface area (Å²) in [5.74, 6) is 0. The first-order chi connectivity index (χ1) is 9.20. The minimum absolute atomic E-state index is 0.680. The molecular weight excluding hydrogens is 232 g/mol. The molecule has 2 heteroatoms. The number of nitrogens with zero attached hydrogens (tertiary/aromatic N) is 2. The van der Waals surface area contributed by atoms with Gasteiger partial charge < -0.3 is 4.90 Å². The molecule has 0 N–H and O–H groups in total. The Labute approximate surface area is 119 Å². The normalized spacial score (nSPS) is 16.2. The first-order valence-corrected chi connectivity index (χ1v) is 7.78. The van der Waals surface area contributed by atoms with Crippen LogP contribution in [0.1, 0.15) is 40.2 Å². The van der Waals surface area contributed by atoms with Crippen LogP contribution >= 0.6 is 0 Å². The van der Waals surface area contributed by atoms with Crippen molar-refractivity contribution in [2.24, 2.45) is 0 Å². The van der Waals surface area contributed by atoms with Crippen molar-refractivity contribution in [2.45, 2.75) is 47.1 Å². The Morgan fingerprint density at radius 1 is 0.947 bits per heavy atom. The highest BCUT2D eigenvalue weighted by Crippen LogP contribution is 2.18. The maximum Gasteiger partial charge on any atom is 0.0367 e. The SMILES string of the molecule is CC.CCc1ccc(N2CCN(C(C)C)CC2)cc1. The standard InChI is InChI=1S/C15H24N2.C2H6/c1-4-14-5-7-15(8-6-14)17-11-9-16(10-12-17)13(2)3;1-2/h5-8,13H,4,9-12H2,1-3H3;1-2H3. The molecule has 0 amide bonds. The van der Waals surface area contributed by atoms with E-state index in [1.54, 1.807) is 0 Å². The molecule has 0 aliphatic carbocycles. The Kier molecular flexibility index (Phi) is 6.93. The van der Waals surface area contributed by atoms with Crippen molar-refractivity contribution in [3.05, 3.63) is 29.8 Å². The molecule has 0 spiro atoms.